The van der Waals surface area contributed by atoms with Crippen LogP contribution in [-0.2, 0) is 56.6 Å². The van der Waals surface area contributed by atoms with E-state index in [0.717, 1.165) is 14.1 Å². The number of nitrogens with zero attached hydrogens (tertiary/aromatic N) is 8. The van der Waals surface area contributed by atoms with E-state index in [4.69, 9.17) is 55.9 Å². The minimum absolute atomic E-state index is 0.0268. The third kappa shape index (κ3) is 11.1. The van der Waals surface area contributed by atoms with E-state index in [1.807, 2.05) is 0 Å². The fourth-order valence-electron chi connectivity index (χ4n) is 5.74. The summed E-state index contributed by atoms with van der Waals surface area (Å²) in [6.45, 7) is -1.55. The number of nitriles is 2. The van der Waals surface area contributed by atoms with Crippen molar-refractivity contribution in [3.8, 4) is 23.5 Å². The van der Waals surface area contributed by atoms with E-state index >= 15 is 0 Å². The zero-order valence-electron chi connectivity index (χ0n) is 32.9. The molecule has 2 heterocycles. The number of hydrogen-bond acceptors (Lipinski definition) is 10. The highest BCUT2D eigenvalue weighted by atomic mass is 35.5. The van der Waals surface area contributed by atoms with Crippen LogP contribution in [0, 0.1) is 22.7 Å². The highest BCUT2D eigenvalue weighted by Gasteiger charge is 2.46. The summed E-state index contributed by atoms with van der Waals surface area (Å²) in [5.74, 6) is -2.27. The fraction of sp³-hybridized carbons (Fsp3) is 0.222. The van der Waals surface area contributed by atoms with Crippen LogP contribution in [0.1, 0.15) is 33.6 Å². The summed E-state index contributed by atoms with van der Waals surface area (Å²) in [5, 5.41) is 22.9. The molecule has 2 amide bonds. The molecule has 0 aliphatic carbocycles. The molecular weight excluding hydrogens is 1070 g/mol. The molecule has 0 radical (unpaired) electrons. The van der Waals surface area contributed by atoms with Crippen molar-refractivity contribution < 1.29 is 80.2 Å². The lowest BCUT2D eigenvalue weighted by molar-refractivity contribution is -0.138. The van der Waals surface area contributed by atoms with Gasteiger partial charge in [0.25, 0.3) is 0 Å². The van der Waals surface area contributed by atoms with Gasteiger partial charge in [-0.1, -0.05) is 64.6 Å². The van der Waals surface area contributed by atoms with Gasteiger partial charge in [-0.3, -0.25) is 9.80 Å². The Labute approximate surface area is 396 Å². The van der Waals surface area contributed by atoms with Crippen LogP contribution in [0.4, 0.5) is 73.9 Å². The highest BCUT2D eigenvalue weighted by Crippen LogP contribution is 2.44. The maximum absolute atomic E-state index is 13.9. The number of alkyl halides is 12. The summed E-state index contributed by atoms with van der Waals surface area (Å²) in [4.78, 5) is 24.4. The lowest BCUT2D eigenvalue weighted by atomic mass is 10.1. The molecule has 0 aliphatic rings. The third-order valence-corrected chi connectivity index (χ3v) is 12.1. The Kier molecular flexibility index (Phi) is 15.4. The van der Waals surface area contributed by atoms with Crippen molar-refractivity contribution in [2.75, 3.05) is 23.9 Å². The number of carbonyl (C=O) groups excluding carboxylic acids is 2. The van der Waals surface area contributed by atoms with Crippen LogP contribution in [0.25, 0.3) is 11.4 Å². The number of halogens is 16. The minimum atomic E-state index is -5.61. The van der Waals surface area contributed by atoms with E-state index in [1.54, 1.807) is 0 Å². The third-order valence-electron chi connectivity index (χ3n) is 8.65. The molecule has 2 atom stereocenters. The Morgan fingerprint density at radius 3 is 1.19 bits per heavy atom. The Morgan fingerprint density at radius 2 is 0.926 bits per heavy atom. The van der Waals surface area contributed by atoms with Crippen molar-refractivity contribution >= 4 is 91.8 Å². The molecule has 5 rings (SSSR count). The monoisotopic (exact) mass is 1090 g/mol. The highest BCUT2D eigenvalue weighted by molar-refractivity contribution is 7.86. The quantitative estimate of drug-likeness (QED) is 0.122. The van der Waals surface area contributed by atoms with E-state index in [9.17, 15) is 81.2 Å². The normalized spacial score (nSPS) is 13.1. The second-order valence-electron chi connectivity index (χ2n) is 13.1. The number of rotatable bonds is 10. The van der Waals surface area contributed by atoms with E-state index in [2.05, 4.69) is 10.2 Å². The van der Waals surface area contributed by atoms with Crippen molar-refractivity contribution in [3.63, 3.8) is 0 Å². The van der Waals surface area contributed by atoms with Crippen LogP contribution in [0.5, 0.6) is 0 Å². The van der Waals surface area contributed by atoms with E-state index in [-0.39, 0.29) is 30.3 Å². The van der Waals surface area contributed by atoms with Crippen molar-refractivity contribution in [1.29, 1.82) is 10.5 Å². The van der Waals surface area contributed by atoms with Crippen molar-refractivity contribution in [3.05, 3.63) is 102 Å². The molecule has 0 aliphatic heterocycles. The molecular formula is C36H18Cl4F12N8O6S2. The van der Waals surface area contributed by atoms with Crippen LogP contribution in [-0.4, -0.2) is 65.3 Å². The zero-order chi connectivity index (χ0) is 51.2. The number of carbonyl (C=O) groups is 2. The second-order valence-corrected chi connectivity index (χ2v) is 17.5. The second kappa shape index (κ2) is 19.7. The van der Waals surface area contributed by atoms with Gasteiger partial charge in [-0.05, 0) is 41.5 Å². The Hall–Kier alpha value is -5.78. The standard InChI is InChI=1S/C36H18Cl4F12N8O6S2/c1-57(29-27(67(63)35(47,48)49)23(11-53)55-59(29)25-19(37)7-17(8-20(25)38)33(41,42)43)31(61)65-13-15-4-3-5-16(6-15)14-66-32(62)58(2)30-28(68(64)36(50,51)52)24(12-54)56-60(30)26-21(39)9-18(10-22(26)40)34(44,45)46/h3-10H,13-14H2,1-2H3. The Bertz CT molecular complexity index is 2740. The van der Waals surface area contributed by atoms with Gasteiger partial charge in [-0.25, -0.2) is 27.4 Å². The molecule has 2 aromatic heterocycles. The lowest BCUT2D eigenvalue weighted by Crippen LogP contribution is -2.31. The van der Waals surface area contributed by atoms with Gasteiger partial charge in [0.2, 0.25) is 0 Å². The van der Waals surface area contributed by atoms with Gasteiger partial charge < -0.3 is 9.47 Å². The average Bonchev–Trinajstić information content (AvgIpc) is 3.80. The van der Waals surface area contributed by atoms with E-state index < -0.39 is 146 Å². The maximum Gasteiger partial charge on any atom is 0.476 e. The van der Waals surface area contributed by atoms with E-state index in [0.29, 0.717) is 24.3 Å². The minimum Gasteiger partial charge on any atom is -0.444 e. The van der Waals surface area contributed by atoms with Crippen LogP contribution in [0.3, 0.4) is 0 Å². The molecule has 14 nitrogen and oxygen atoms in total. The predicted molar refractivity (Wildman–Crippen MR) is 215 cm³/mol. The topological polar surface area (TPSA) is 176 Å². The maximum atomic E-state index is 13.9. The van der Waals surface area contributed by atoms with Crippen molar-refractivity contribution in [2.45, 2.75) is 46.4 Å². The first kappa shape index (κ1) is 53.2. The van der Waals surface area contributed by atoms with Gasteiger partial charge >= 0.3 is 35.6 Å². The van der Waals surface area contributed by atoms with Gasteiger partial charge in [-0.2, -0.15) is 73.4 Å². The molecule has 32 heteroatoms. The molecule has 0 saturated heterocycles. The number of ether oxygens (including phenoxy) is 2. The molecule has 2 unspecified atom stereocenters. The van der Waals surface area contributed by atoms with Gasteiger partial charge in [-0.15, -0.1) is 0 Å². The Balaban J connectivity index is 1.44. The Morgan fingerprint density at radius 1 is 0.618 bits per heavy atom. The van der Waals surface area contributed by atoms with Crippen LogP contribution >= 0.6 is 46.4 Å². The molecule has 0 saturated carbocycles. The molecule has 0 spiro atoms. The number of aromatic nitrogens is 4. The molecule has 0 bridgehead atoms. The zero-order valence-corrected chi connectivity index (χ0v) is 37.6. The lowest BCUT2D eigenvalue weighted by Gasteiger charge is -2.22. The van der Waals surface area contributed by atoms with E-state index in [1.165, 1.54) is 36.4 Å². The first-order valence-corrected chi connectivity index (χ1v) is 21.2. The summed E-state index contributed by atoms with van der Waals surface area (Å²) >= 11 is 24.2. The average molecular weight is 1090 g/mol. The molecule has 3 aromatic carbocycles. The number of benzene rings is 3. The summed E-state index contributed by atoms with van der Waals surface area (Å²) in [7, 11) is -6.78. The number of anilines is 2. The first-order valence-electron chi connectivity index (χ1n) is 17.4. The number of amides is 2. The summed E-state index contributed by atoms with van der Waals surface area (Å²) in [5.41, 5.74) is -18.0. The predicted octanol–water partition coefficient (Wildman–Crippen LogP) is 11.3. The van der Waals surface area contributed by atoms with Gasteiger partial charge in [0.15, 0.2) is 44.6 Å². The van der Waals surface area contributed by atoms with Crippen LogP contribution in [0.2, 0.25) is 20.1 Å². The summed E-state index contributed by atoms with van der Waals surface area (Å²) in [6, 6.07) is 8.79. The largest absolute Gasteiger partial charge is 0.476 e. The SMILES string of the molecule is CN(C(=O)OCc1cccc(COC(=O)N(C)c2c(S(=O)C(F)(F)F)c(C#N)nn2-c2c(Cl)cc(C(F)(F)F)cc2Cl)c1)c1c(S(=O)C(F)(F)F)c(C#N)nn1-c1c(Cl)cc(C(F)(F)F)cc1Cl. The first-order chi connectivity index (χ1) is 31.3. The van der Waals surface area contributed by atoms with Gasteiger partial charge in [0.05, 0.1) is 31.2 Å². The molecule has 5 aromatic rings. The summed E-state index contributed by atoms with van der Waals surface area (Å²) in [6.07, 6.45) is -13.2. The van der Waals surface area contributed by atoms with Crippen LogP contribution < -0.4 is 9.80 Å². The van der Waals surface area contributed by atoms with Gasteiger partial charge in [0.1, 0.15) is 46.5 Å². The van der Waals surface area contributed by atoms with Gasteiger partial charge in [0, 0.05) is 14.1 Å². The fourth-order valence-corrected chi connectivity index (χ4v) is 8.80. The summed E-state index contributed by atoms with van der Waals surface area (Å²) < 4.78 is 200. The van der Waals surface area contributed by atoms with Crippen molar-refractivity contribution in [2.24, 2.45) is 0 Å². The molecule has 0 N–H and O–H groups in total. The molecule has 362 valence electrons. The number of hydrogen-bond donors (Lipinski definition) is 0. The smallest absolute Gasteiger partial charge is 0.444 e. The molecule has 0 fully saturated rings. The molecule has 68 heavy (non-hydrogen) atoms. The van der Waals surface area contributed by atoms with Crippen LogP contribution in [0.15, 0.2) is 58.3 Å². The van der Waals surface area contributed by atoms with Crippen molar-refractivity contribution in [1.82, 2.24) is 19.6 Å².